The van der Waals surface area contributed by atoms with Gasteiger partial charge in [-0.25, -0.2) is 5.48 Å². The maximum absolute atomic E-state index is 11.6. The first-order valence-electron chi connectivity index (χ1n) is 4.81. The lowest BCUT2D eigenvalue weighted by atomic mass is 10.1. The Morgan fingerprint density at radius 3 is 2.62 bits per heavy atom. The molecule has 0 atom stereocenters. The van der Waals surface area contributed by atoms with Crippen LogP contribution < -0.4 is 10.8 Å². The highest BCUT2D eigenvalue weighted by Gasteiger charge is 2.09. The van der Waals surface area contributed by atoms with Gasteiger partial charge in [0, 0.05) is 5.56 Å². The highest BCUT2D eigenvalue weighted by Crippen LogP contribution is 2.05. The highest BCUT2D eigenvalue weighted by atomic mass is 16.6. The fourth-order valence-corrected chi connectivity index (χ4v) is 1.23. The van der Waals surface area contributed by atoms with Gasteiger partial charge in [-0.1, -0.05) is 18.2 Å². The molecule has 0 radical (unpaired) electrons. The predicted molar refractivity (Wildman–Crippen MR) is 58.7 cm³/mol. The summed E-state index contributed by atoms with van der Waals surface area (Å²) >= 11 is 0. The Balaban J connectivity index is 2.54. The number of hydroxylamine groups is 1. The minimum absolute atomic E-state index is 0.110. The fraction of sp³-hybridized carbons (Fsp3) is 0.273. The number of hydrogen-bond donors (Lipinski definition) is 2. The molecule has 1 aromatic carbocycles. The lowest BCUT2D eigenvalue weighted by Crippen LogP contribution is -2.36. The van der Waals surface area contributed by atoms with E-state index in [4.69, 9.17) is 0 Å². The van der Waals surface area contributed by atoms with Crippen molar-refractivity contribution in [2.24, 2.45) is 0 Å². The quantitative estimate of drug-likeness (QED) is 0.725. The molecule has 2 N–H and O–H groups in total. The second-order valence-electron chi connectivity index (χ2n) is 3.23. The lowest BCUT2D eigenvalue weighted by Gasteiger charge is -2.06. The number of amides is 2. The van der Waals surface area contributed by atoms with E-state index in [0.29, 0.717) is 5.56 Å². The number of nitrogens with one attached hydrogen (secondary N) is 2. The summed E-state index contributed by atoms with van der Waals surface area (Å²) in [6.07, 6.45) is 0. The molecule has 0 fully saturated rings. The molecular weight excluding hydrogens is 208 g/mol. The molecule has 16 heavy (non-hydrogen) atoms. The van der Waals surface area contributed by atoms with Gasteiger partial charge in [-0.05, 0) is 18.6 Å². The number of carbonyl (C=O) groups is 2. The Morgan fingerprint density at radius 2 is 2.00 bits per heavy atom. The summed E-state index contributed by atoms with van der Waals surface area (Å²) in [6.45, 7) is 1.73. The summed E-state index contributed by atoms with van der Waals surface area (Å²) < 4.78 is 0. The van der Waals surface area contributed by atoms with E-state index in [1.54, 1.807) is 12.1 Å². The van der Waals surface area contributed by atoms with E-state index < -0.39 is 5.91 Å². The molecule has 0 heterocycles. The Hall–Kier alpha value is -1.88. The van der Waals surface area contributed by atoms with Crippen LogP contribution >= 0.6 is 0 Å². The van der Waals surface area contributed by atoms with Crippen molar-refractivity contribution in [3.63, 3.8) is 0 Å². The highest BCUT2D eigenvalue weighted by molar-refractivity contribution is 5.97. The first kappa shape index (κ1) is 12.2. The molecule has 5 nitrogen and oxygen atoms in total. The summed E-state index contributed by atoms with van der Waals surface area (Å²) in [7, 11) is 1.33. The third kappa shape index (κ3) is 3.36. The van der Waals surface area contributed by atoms with Gasteiger partial charge in [0.25, 0.3) is 11.8 Å². The van der Waals surface area contributed by atoms with Gasteiger partial charge in [0.15, 0.2) is 0 Å². The van der Waals surface area contributed by atoms with Crippen LogP contribution in [-0.2, 0) is 9.63 Å². The van der Waals surface area contributed by atoms with Crippen molar-refractivity contribution in [3.05, 3.63) is 35.4 Å². The van der Waals surface area contributed by atoms with Crippen LogP contribution in [-0.4, -0.2) is 25.5 Å². The molecule has 0 saturated carbocycles. The number of benzene rings is 1. The van der Waals surface area contributed by atoms with E-state index in [1.165, 1.54) is 7.11 Å². The van der Waals surface area contributed by atoms with E-state index in [1.807, 2.05) is 19.1 Å². The number of aryl methyl sites for hydroxylation is 1. The molecular formula is C11H14N2O3. The van der Waals surface area contributed by atoms with E-state index in [2.05, 4.69) is 15.6 Å². The van der Waals surface area contributed by atoms with Crippen LogP contribution in [0.1, 0.15) is 15.9 Å². The van der Waals surface area contributed by atoms with Gasteiger partial charge in [-0.2, -0.15) is 0 Å². The van der Waals surface area contributed by atoms with E-state index >= 15 is 0 Å². The lowest BCUT2D eigenvalue weighted by molar-refractivity contribution is -0.130. The minimum atomic E-state index is -0.399. The molecule has 86 valence electrons. The molecule has 0 aliphatic rings. The van der Waals surface area contributed by atoms with Crippen molar-refractivity contribution in [2.45, 2.75) is 6.92 Å². The van der Waals surface area contributed by atoms with Gasteiger partial charge in [-0.3, -0.25) is 14.4 Å². The largest absolute Gasteiger partial charge is 0.343 e. The zero-order valence-corrected chi connectivity index (χ0v) is 9.24. The second-order valence-corrected chi connectivity index (χ2v) is 3.23. The van der Waals surface area contributed by atoms with Crippen LogP contribution in [0.5, 0.6) is 0 Å². The molecule has 0 saturated heterocycles. The minimum Gasteiger partial charge on any atom is -0.343 e. The van der Waals surface area contributed by atoms with Crippen LogP contribution in [0.15, 0.2) is 24.3 Å². The van der Waals surface area contributed by atoms with Crippen LogP contribution in [0.3, 0.4) is 0 Å². The normalized spacial score (nSPS) is 9.62. The van der Waals surface area contributed by atoms with Crippen molar-refractivity contribution < 1.29 is 14.4 Å². The monoisotopic (exact) mass is 222 g/mol. The SMILES string of the molecule is CONC(=O)CNC(=O)c1ccccc1C. The molecule has 0 spiro atoms. The molecule has 0 aliphatic heterocycles. The van der Waals surface area contributed by atoms with Gasteiger partial charge < -0.3 is 5.32 Å². The third-order valence-electron chi connectivity index (χ3n) is 2.02. The average molecular weight is 222 g/mol. The Morgan fingerprint density at radius 1 is 1.31 bits per heavy atom. The summed E-state index contributed by atoms with van der Waals surface area (Å²) in [4.78, 5) is 27.1. The maximum Gasteiger partial charge on any atom is 0.262 e. The first-order chi connectivity index (χ1) is 7.65. The zero-order valence-electron chi connectivity index (χ0n) is 9.24. The summed E-state index contributed by atoms with van der Waals surface area (Å²) in [5.74, 6) is -0.672. The molecule has 0 aliphatic carbocycles. The number of hydrogen-bond acceptors (Lipinski definition) is 3. The number of carbonyl (C=O) groups excluding carboxylic acids is 2. The van der Waals surface area contributed by atoms with Gasteiger partial charge >= 0.3 is 0 Å². The van der Waals surface area contributed by atoms with Crippen LogP contribution in [0.25, 0.3) is 0 Å². The fourth-order valence-electron chi connectivity index (χ4n) is 1.23. The third-order valence-corrected chi connectivity index (χ3v) is 2.02. The Bertz CT molecular complexity index is 391. The molecule has 0 unspecified atom stereocenters. The maximum atomic E-state index is 11.6. The smallest absolute Gasteiger partial charge is 0.262 e. The van der Waals surface area contributed by atoms with E-state index in [9.17, 15) is 9.59 Å². The van der Waals surface area contributed by atoms with Gasteiger partial charge in [-0.15, -0.1) is 0 Å². The first-order valence-corrected chi connectivity index (χ1v) is 4.81. The number of rotatable bonds is 4. The van der Waals surface area contributed by atoms with Gasteiger partial charge in [0.05, 0.1) is 13.7 Å². The average Bonchev–Trinajstić information content (AvgIpc) is 2.27. The van der Waals surface area contributed by atoms with Crippen LogP contribution in [0.2, 0.25) is 0 Å². The van der Waals surface area contributed by atoms with Crippen molar-refractivity contribution in [1.29, 1.82) is 0 Å². The molecule has 0 aromatic heterocycles. The zero-order chi connectivity index (χ0) is 12.0. The molecule has 1 rings (SSSR count). The van der Waals surface area contributed by atoms with Crippen LogP contribution in [0.4, 0.5) is 0 Å². The summed E-state index contributed by atoms with van der Waals surface area (Å²) in [6, 6.07) is 7.17. The van der Waals surface area contributed by atoms with Crippen molar-refractivity contribution in [2.75, 3.05) is 13.7 Å². The Kier molecular flexibility index (Phi) is 4.47. The van der Waals surface area contributed by atoms with E-state index in [0.717, 1.165) is 5.56 Å². The van der Waals surface area contributed by atoms with Gasteiger partial charge in [0.2, 0.25) is 0 Å². The summed E-state index contributed by atoms with van der Waals surface area (Å²) in [5.41, 5.74) is 3.54. The second kappa shape index (κ2) is 5.87. The summed E-state index contributed by atoms with van der Waals surface area (Å²) in [5, 5.41) is 2.49. The molecule has 2 amide bonds. The van der Waals surface area contributed by atoms with Crippen molar-refractivity contribution in [1.82, 2.24) is 10.8 Å². The van der Waals surface area contributed by atoms with Gasteiger partial charge in [0.1, 0.15) is 0 Å². The molecule has 0 bridgehead atoms. The van der Waals surface area contributed by atoms with Crippen molar-refractivity contribution in [3.8, 4) is 0 Å². The standard InChI is InChI=1S/C11H14N2O3/c1-8-5-3-4-6-9(8)11(15)12-7-10(14)13-16-2/h3-6H,7H2,1-2H3,(H,12,15)(H,13,14). The van der Waals surface area contributed by atoms with E-state index in [-0.39, 0.29) is 12.5 Å². The molecule has 1 aromatic rings. The predicted octanol–water partition coefficient (Wildman–Crippen LogP) is 0.402. The van der Waals surface area contributed by atoms with Crippen molar-refractivity contribution >= 4 is 11.8 Å². The Labute approximate surface area is 93.7 Å². The topological polar surface area (TPSA) is 67.4 Å². The molecule has 5 heteroatoms. The van der Waals surface area contributed by atoms with Crippen LogP contribution in [0, 0.1) is 6.92 Å².